The number of ether oxygens (including phenoxy) is 1. The molecule has 2 amide bonds. The van der Waals surface area contributed by atoms with E-state index in [1.807, 2.05) is 22.7 Å². The summed E-state index contributed by atoms with van der Waals surface area (Å²) in [5.41, 5.74) is 1.91. The highest BCUT2D eigenvalue weighted by atomic mass is 19.1. The molecule has 0 saturated carbocycles. The van der Waals surface area contributed by atoms with Crippen LogP contribution in [0.15, 0.2) is 42.7 Å². The molecule has 162 valence electrons. The zero-order valence-electron chi connectivity index (χ0n) is 16.9. The minimum Gasteiger partial charge on any atom is -0.378 e. The topological polar surface area (TPSA) is 62.1 Å². The van der Waals surface area contributed by atoms with E-state index in [1.165, 1.54) is 12.1 Å². The number of nitrogens with zero attached hydrogens (tertiary/aromatic N) is 4. The highest BCUT2D eigenvalue weighted by Gasteiger charge is 2.29. The van der Waals surface area contributed by atoms with Gasteiger partial charge < -0.3 is 14.5 Å². The van der Waals surface area contributed by atoms with Gasteiger partial charge >= 0.3 is 6.03 Å². The summed E-state index contributed by atoms with van der Waals surface area (Å²) in [6, 6.07) is 6.93. The van der Waals surface area contributed by atoms with Crippen LogP contribution in [0.3, 0.4) is 0 Å². The predicted molar refractivity (Wildman–Crippen MR) is 112 cm³/mol. The molecule has 3 aromatic rings. The van der Waals surface area contributed by atoms with Crippen LogP contribution in [0.1, 0.15) is 24.4 Å². The highest BCUT2D eigenvalue weighted by Crippen LogP contribution is 2.37. The molecule has 2 saturated heterocycles. The van der Waals surface area contributed by atoms with Gasteiger partial charge in [0, 0.05) is 31.4 Å². The van der Waals surface area contributed by atoms with Gasteiger partial charge in [0.1, 0.15) is 23.1 Å². The number of urea groups is 1. The lowest BCUT2D eigenvalue weighted by Gasteiger charge is -2.28. The second-order valence-electron chi connectivity index (χ2n) is 7.81. The minimum atomic E-state index is -0.443. The second-order valence-corrected chi connectivity index (χ2v) is 7.81. The lowest BCUT2D eigenvalue weighted by Crippen LogP contribution is -2.43. The number of morpholine rings is 1. The Hall–Kier alpha value is -3.20. The fraction of sp³-hybridized carbons (Fsp3) is 0.364. The number of aromatic nitrogens is 2. The van der Waals surface area contributed by atoms with E-state index in [4.69, 9.17) is 4.74 Å². The largest absolute Gasteiger partial charge is 0.378 e. The van der Waals surface area contributed by atoms with Crippen LogP contribution in [-0.2, 0) is 4.74 Å². The number of pyridine rings is 1. The molecule has 2 fully saturated rings. The molecule has 0 radical (unpaired) electrons. The van der Waals surface area contributed by atoms with Crippen LogP contribution >= 0.6 is 0 Å². The van der Waals surface area contributed by atoms with Gasteiger partial charge in [0.25, 0.3) is 0 Å². The molecule has 1 atom stereocenters. The van der Waals surface area contributed by atoms with Crippen LogP contribution in [0.5, 0.6) is 0 Å². The number of rotatable bonds is 3. The number of hydrogen-bond acceptors (Lipinski definition) is 4. The molecule has 2 aliphatic heterocycles. The fourth-order valence-corrected chi connectivity index (χ4v) is 4.36. The minimum absolute atomic E-state index is 0.198. The Morgan fingerprint density at radius 2 is 1.97 bits per heavy atom. The van der Waals surface area contributed by atoms with Crippen molar-refractivity contribution in [3.8, 4) is 0 Å². The Kier molecular flexibility index (Phi) is 5.19. The van der Waals surface area contributed by atoms with Crippen molar-refractivity contribution in [3.63, 3.8) is 0 Å². The molecule has 1 aromatic carbocycles. The van der Waals surface area contributed by atoms with Gasteiger partial charge in [-0.05, 0) is 43.2 Å². The van der Waals surface area contributed by atoms with Gasteiger partial charge in [-0.2, -0.15) is 0 Å². The van der Waals surface area contributed by atoms with Gasteiger partial charge in [0.05, 0.1) is 31.1 Å². The molecule has 0 spiro atoms. The van der Waals surface area contributed by atoms with E-state index in [-0.39, 0.29) is 12.1 Å². The van der Waals surface area contributed by atoms with Crippen molar-refractivity contribution in [2.24, 2.45) is 0 Å². The van der Waals surface area contributed by atoms with Gasteiger partial charge in [-0.25, -0.2) is 18.6 Å². The zero-order valence-corrected chi connectivity index (χ0v) is 16.9. The van der Waals surface area contributed by atoms with Crippen LogP contribution in [-0.4, -0.2) is 53.2 Å². The Morgan fingerprint density at radius 1 is 1.13 bits per heavy atom. The van der Waals surface area contributed by atoms with Crippen molar-refractivity contribution in [2.75, 3.05) is 43.1 Å². The molecule has 5 rings (SSSR count). The van der Waals surface area contributed by atoms with E-state index in [0.717, 1.165) is 31.1 Å². The summed E-state index contributed by atoms with van der Waals surface area (Å²) in [4.78, 5) is 20.7. The molecule has 2 aromatic heterocycles. The van der Waals surface area contributed by atoms with E-state index in [0.29, 0.717) is 43.3 Å². The Bertz CT molecular complexity index is 1110. The molecule has 31 heavy (non-hydrogen) atoms. The van der Waals surface area contributed by atoms with Crippen molar-refractivity contribution in [2.45, 2.75) is 18.9 Å². The Morgan fingerprint density at radius 3 is 2.81 bits per heavy atom. The SMILES string of the molecule is O=C(Nc1cnc2ccc(N3CCCC3c3cc(F)ccc3F)cn12)N1CCOCC1. The zero-order chi connectivity index (χ0) is 21.4. The van der Waals surface area contributed by atoms with E-state index in [2.05, 4.69) is 15.2 Å². The maximum Gasteiger partial charge on any atom is 0.323 e. The van der Waals surface area contributed by atoms with Crippen molar-refractivity contribution in [1.29, 1.82) is 0 Å². The number of carbonyl (C=O) groups is 1. The quantitative estimate of drug-likeness (QED) is 0.690. The van der Waals surface area contributed by atoms with Crippen molar-refractivity contribution in [3.05, 3.63) is 59.9 Å². The number of nitrogens with one attached hydrogen (secondary N) is 1. The molecule has 0 bridgehead atoms. The summed E-state index contributed by atoms with van der Waals surface area (Å²) >= 11 is 0. The summed E-state index contributed by atoms with van der Waals surface area (Å²) in [7, 11) is 0. The first-order chi connectivity index (χ1) is 15.1. The molecule has 9 heteroatoms. The Labute approximate surface area is 178 Å². The van der Waals surface area contributed by atoms with Gasteiger partial charge in [-0.3, -0.25) is 9.72 Å². The van der Waals surface area contributed by atoms with Gasteiger partial charge in [-0.1, -0.05) is 0 Å². The summed E-state index contributed by atoms with van der Waals surface area (Å²) in [5.74, 6) is -0.289. The molecule has 2 aliphatic rings. The number of benzene rings is 1. The molecule has 0 aliphatic carbocycles. The van der Waals surface area contributed by atoms with Gasteiger partial charge in [-0.15, -0.1) is 0 Å². The summed E-state index contributed by atoms with van der Waals surface area (Å²) in [6.07, 6.45) is 5.12. The first-order valence-electron chi connectivity index (χ1n) is 10.4. The number of hydrogen-bond donors (Lipinski definition) is 1. The average molecular weight is 427 g/mol. The van der Waals surface area contributed by atoms with Gasteiger partial charge in [0.15, 0.2) is 0 Å². The van der Waals surface area contributed by atoms with E-state index in [9.17, 15) is 13.6 Å². The monoisotopic (exact) mass is 427 g/mol. The summed E-state index contributed by atoms with van der Waals surface area (Å²) in [6.45, 7) is 2.87. The standard InChI is InChI=1S/C22H23F2N5O2/c23-15-3-5-18(24)17(12-15)19-2-1-7-28(19)16-4-6-20-25-13-21(29(20)14-16)26-22(30)27-8-10-31-11-9-27/h3-6,12-14,19H,1-2,7-11H2,(H,26,30). The molecular formula is C22H23F2N5O2. The smallest absolute Gasteiger partial charge is 0.323 e. The van der Waals surface area contributed by atoms with Crippen LogP contribution in [0.25, 0.3) is 5.65 Å². The number of anilines is 2. The number of amides is 2. The fourth-order valence-electron chi connectivity index (χ4n) is 4.36. The summed E-state index contributed by atoms with van der Waals surface area (Å²) in [5, 5.41) is 2.92. The highest BCUT2D eigenvalue weighted by molar-refractivity contribution is 5.89. The molecular weight excluding hydrogens is 404 g/mol. The predicted octanol–water partition coefficient (Wildman–Crippen LogP) is 3.82. The normalized spacial score (nSPS) is 19.2. The van der Waals surface area contributed by atoms with Crippen LogP contribution < -0.4 is 10.2 Å². The third-order valence-electron chi connectivity index (χ3n) is 5.92. The number of halogens is 2. The second kappa shape index (κ2) is 8.14. The lowest BCUT2D eigenvalue weighted by molar-refractivity contribution is 0.0564. The molecule has 7 nitrogen and oxygen atoms in total. The molecule has 1 unspecified atom stereocenters. The van der Waals surface area contributed by atoms with Crippen LogP contribution in [0, 0.1) is 11.6 Å². The van der Waals surface area contributed by atoms with Gasteiger partial charge in [0.2, 0.25) is 0 Å². The number of imidazole rings is 1. The maximum absolute atomic E-state index is 14.4. The van der Waals surface area contributed by atoms with Crippen LogP contribution in [0.4, 0.5) is 25.1 Å². The number of fused-ring (bicyclic) bond motifs is 1. The van der Waals surface area contributed by atoms with E-state index < -0.39 is 11.6 Å². The maximum atomic E-state index is 14.4. The third-order valence-corrected chi connectivity index (χ3v) is 5.92. The lowest BCUT2D eigenvalue weighted by atomic mass is 10.0. The van der Waals surface area contributed by atoms with E-state index in [1.54, 1.807) is 11.1 Å². The van der Waals surface area contributed by atoms with Crippen molar-refractivity contribution >= 4 is 23.2 Å². The summed E-state index contributed by atoms with van der Waals surface area (Å²) < 4.78 is 35.3. The average Bonchev–Trinajstić information content (AvgIpc) is 3.43. The van der Waals surface area contributed by atoms with Crippen molar-refractivity contribution < 1.29 is 18.3 Å². The van der Waals surface area contributed by atoms with E-state index >= 15 is 0 Å². The number of carbonyl (C=O) groups excluding carboxylic acids is 1. The van der Waals surface area contributed by atoms with Crippen molar-refractivity contribution in [1.82, 2.24) is 14.3 Å². The first kappa shape index (κ1) is 19.7. The molecule has 4 heterocycles. The van der Waals surface area contributed by atoms with Crippen LogP contribution in [0.2, 0.25) is 0 Å². The Balaban J connectivity index is 1.43. The molecule has 1 N–H and O–H groups in total. The third kappa shape index (κ3) is 3.81. The first-order valence-corrected chi connectivity index (χ1v) is 10.4.